The smallest absolute Gasteiger partial charge is 0.0982 e. The maximum atomic E-state index is 5.43. The molecule has 0 atom stereocenters. The molecule has 0 saturated heterocycles. The van der Waals surface area contributed by atoms with Gasteiger partial charge < -0.3 is 10.1 Å². The summed E-state index contributed by atoms with van der Waals surface area (Å²) in [5.74, 6) is 0. The summed E-state index contributed by atoms with van der Waals surface area (Å²) in [7, 11) is 0. The molecule has 0 aliphatic heterocycles. The fourth-order valence-electron chi connectivity index (χ4n) is 1.49. The Morgan fingerprint density at radius 3 is 2.72 bits per heavy atom. The van der Waals surface area contributed by atoms with Crippen molar-refractivity contribution < 1.29 is 4.74 Å². The minimum atomic E-state index is 0.164. The van der Waals surface area contributed by atoms with E-state index in [9.17, 15) is 0 Å². The Hall–Kier alpha value is -0.450. The second kappa shape index (κ2) is 7.87. The van der Waals surface area contributed by atoms with Crippen LogP contribution in [0.4, 0.5) is 0 Å². The van der Waals surface area contributed by atoms with Gasteiger partial charge in [-0.1, -0.05) is 27.7 Å². The van der Waals surface area contributed by atoms with Gasteiger partial charge in [0.2, 0.25) is 0 Å². The average molecular weight is 270 g/mol. The van der Waals surface area contributed by atoms with Crippen LogP contribution in [0.2, 0.25) is 0 Å². The second-order valence-corrected chi connectivity index (χ2v) is 6.39. The Kier molecular flexibility index (Phi) is 6.82. The van der Waals surface area contributed by atoms with E-state index in [0.717, 1.165) is 44.8 Å². The van der Waals surface area contributed by atoms with E-state index in [2.05, 4.69) is 43.4 Å². The Bertz CT molecular complexity index is 331. The number of nitrogens with one attached hydrogen (secondary N) is 1. The van der Waals surface area contributed by atoms with E-state index in [0.29, 0.717) is 0 Å². The maximum absolute atomic E-state index is 5.43. The molecule has 0 aliphatic carbocycles. The minimum Gasteiger partial charge on any atom is -0.381 e. The molecule has 0 fully saturated rings. The maximum Gasteiger partial charge on any atom is 0.0982 e. The van der Waals surface area contributed by atoms with Crippen molar-refractivity contribution in [2.24, 2.45) is 0 Å². The molecule has 3 nitrogen and oxygen atoms in total. The van der Waals surface area contributed by atoms with Crippen molar-refractivity contribution in [3.63, 3.8) is 0 Å². The van der Waals surface area contributed by atoms with Gasteiger partial charge in [0.25, 0.3) is 0 Å². The van der Waals surface area contributed by atoms with Crippen LogP contribution in [0.3, 0.4) is 0 Å². The number of nitrogens with zero attached hydrogens (tertiary/aromatic N) is 1. The molecule has 1 aromatic heterocycles. The van der Waals surface area contributed by atoms with Gasteiger partial charge >= 0.3 is 0 Å². The average Bonchev–Trinajstić information content (AvgIpc) is 2.76. The Morgan fingerprint density at radius 2 is 2.11 bits per heavy atom. The second-order valence-electron chi connectivity index (χ2n) is 5.54. The first kappa shape index (κ1) is 15.6. The fraction of sp³-hybridized carbons (Fsp3) is 0.786. The summed E-state index contributed by atoms with van der Waals surface area (Å²) in [6.07, 6.45) is 2.16. The van der Waals surface area contributed by atoms with E-state index in [1.807, 2.05) is 0 Å². The van der Waals surface area contributed by atoms with Crippen LogP contribution in [-0.2, 0) is 16.7 Å². The molecule has 18 heavy (non-hydrogen) atoms. The summed E-state index contributed by atoms with van der Waals surface area (Å²) in [4.78, 5) is 4.65. The highest BCUT2D eigenvalue weighted by molar-refractivity contribution is 7.09. The van der Waals surface area contributed by atoms with Crippen molar-refractivity contribution in [1.82, 2.24) is 10.3 Å². The largest absolute Gasteiger partial charge is 0.381 e. The molecule has 0 amide bonds. The highest BCUT2D eigenvalue weighted by Gasteiger charge is 2.17. The lowest BCUT2D eigenvalue weighted by atomic mass is 9.98. The lowest BCUT2D eigenvalue weighted by Crippen LogP contribution is -2.17. The summed E-state index contributed by atoms with van der Waals surface area (Å²) in [6.45, 7) is 12.3. The van der Waals surface area contributed by atoms with Crippen LogP contribution in [-0.4, -0.2) is 24.7 Å². The van der Waals surface area contributed by atoms with E-state index >= 15 is 0 Å². The third kappa shape index (κ3) is 5.94. The molecular formula is C14H26N2OS. The molecule has 0 aromatic carbocycles. The van der Waals surface area contributed by atoms with Crippen LogP contribution >= 0.6 is 11.3 Å². The number of thiazole rings is 1. The summed E-state index contributed by atoms with van der Waals surface area (Å²) in [5.41, 5.74) is 1.32. The summed E-state index contributed by atoms with van der Waals surface area (Å²) in [6, 6.07) is 0. The third-order valence-electron chi connectivity index (χ3n) is 2.49. The molecule has 0 bridgehead atoms. The molecule has 1 aromatic rings. The van der Waals surface area contributed by atoms with E-state index in [1.54, 1.807) is 11.3 Å². The molecule has 4 heteroatoms. The van der Waals surface area contributed by atoms with Gasteiger partial charge in [0, 0.05) is 30.6 Å². The zero-order valence-corrected chi connectivity index (χ0v) is 12.9. The first-order valence-electron chi connectivity index (χ1n) is 6.77. The zero-order chi connectivity index (χ0) is 13.4. The first-order chi connectivity index (χ1) is 8.54. The van der Waals surface area contributed by atoms with Gasteiger partial charge in [0.05, 0.1) is 10.7 Å². The van der Waals surface area contributed by atoms with Gasteiger partial charge in [-0.05, 0) is 19.4 Å². The summed E-state index contributed by atoms with van der Waals surface area (Å²) < 4.78 is 5.43. The van der Waals surface area contributed by atoms with Crippen LogP contribution in [0.5, 0.6) is 0 Å². The van der Waals surface area contributed by atoms with Gasteiger partial charge in [-0.2, -0.15) is 0 Å². The Balaban J connectivity index is 2.14. The van der Waals surface area contributed by atoms with Crippen molar-refractivity contribution in [2.75, 3.05) is 19.8 Å². The quantitative estimate of drug-likeness (QED) is 0.736. The molecule has 0 aliphatic rings. The van der Waals surface area contributed by atoms with Crippen LogP contribution in [0.25, 0.3) is 0 Å². The number of hydrogen-bond donors (Lipinski definition) is 1. The van der Waals surface area contributed by atoms with Crippen molar-refractivity contribution in [3.05, 3.63) is 16.1 Å². The van der Waals surface area contributed by atoms with Gasteiger partial charge in [-0.15, -0.1) is 11.3 Å². The monoisotopic (exact) mass is 270 g/mol. The number of ether oxygens (including phenoxy) is 1. The summed E-state index contributed by atoms with van der Waals surface area (Å²) in [5, 5.41) is 6.77. The number of aromatic nitrogens is 1. The van der Waals surface area contributed by atoms with Gasteiger partial charge in [0.15, 0.2) is 0 Å². The molecule has 1 rings (SSSR count). The highest BCUT2D eigenvalue weighted by atomic mass is 32.1. The van der Waals surface area contributed by atoms with Crippen LogP contribution in [0, 0.1) is 0 Å². The fourth-order valence-corrected chi connectivity index (χ4v) is 2.40. The zero-order valence-electron chi connectivity index (χ0n) is 12.1. The molecule has 104 valence electrons. The Labute approximate surface area is 115 Å². The van der Waals surface area contributed by atoms with Gasteiger partial charge in [-0.25, -0.2) is 4.98 Å². The van der Waals surface area contributed by atoms with E-state index in [4.69, 9.17) is 4.74 Å². The molecule has 1 N–H and O–H groups in total. The van der Waals surface area contributed by atoms with Crippen LogP contribution in [0.15, 0.2) is 5.38 Å². The van der Waals surface area contributed by atoms with Gasteiger partial charge in [-0.3, -0.25) is 0 Å². The van der Waals surface area contributed by atoms with Crippen molar-refractivity contribution in [1.29, 1.82) is 0 Å². The van der Waals surface area contributed by atoms with E-state index in [1.165, 1.54) is 5.01 Å². The standard InChI is InChI=1S/C14H26N2OS/c1-5-8-17-9-6-7-15-10-12-11-18-13(16-12)14(2,3)4/h11,15H,5-10H2,1-4H3. The lowest BCUT2D eigenvalue weighted by Gasteiger charge is -2.13. The van der Waals surface area contributed by atoms with E-state index in [-0.39, 0.29) is 5.41 Å². The van der Waals surface area contributed by atoms with Gasteiger partial charge in [0.1, 0.15) is 0 Å². The predicted octanol–water partition coefficient (Wildman–Crippen LogP) is 3.35. The molecule has 0 spiro atoms. The topological polar surface area (TPSA) is 34.1 Å². The number of hydrogen-bond acceptors (Lipinski definition) is 4. The molecule has 1 heterocycles. The van der Waals surface area contributed by atoms with Crippen molar-refractivity contribution >= 4 is 11.3 Å². The van der Waals surface area contributed by atoms with Crippen LogP contribution in [0.1, 0.15) is 51.2 Å². The summed E-state index contributed by atoms with van der Waals surface area (Å²) >= 11 is 1.76. The predicted molar refractivity (Wildman–Crippen MR) is 78.2 cm³/mol. The first-order valence-corrected chi connectivity index (χ1v) is 7.65. The normalized spacial score (nSPS) is 12.0. The minimum absolute atomic E-state index is 0.164. The third-order valence-corrected chi connectivity index (χ3v) is 3.81. The molecular weight excluding hydrogens is 244 g/mol. The molecule has 0 unspecified atom stereocenters. The van der Waals surface area contributed by atoms with Crippen molar-refractivity contribution in [3.8, 4) is 0 Å². The highest BCUT2D eigenvalue weighted by Crippen LogP contribution is 2.25. The van der Waals surface area contributed by atoms with Crippen LogP contribution < -0.4 is 5.32 Å². The Morgan fingerprint density at radius 1 is 1.33 bits per heavy atom. The molecule has 0 saturated carbocycles. The van der Waals surface area contributed by atoms with E-state index < -0.39 is 0 Å². The number of rotatable bonds is 8. The lowest BCUT2D eigenvalue weighted by molar-refractivity contribution is 0.132. The SMILES string of the molecule is CCCOCCCNCc1csc(C(C)(C)C)n1. The van der Waals surface area contributed by atoms with Crippen molar-refractivity contribution in [2.45, 2.75) is 52.5 Å². The molecule has 0 radical (unpaired) electrons.